The van der Waals surface area contributed by atoms with E-state index in [-0.39, 0.29) is 5.91 Å². The predicted octanol–water partition coefficient (Wildman–Crippen LogP) is 0.908. The molecule has 3 amide bonds. The summed E-state index contributed by atoms with van der Waals surface area (Å²) in [7, 11) is 0. The van der Waals surface area contributed by atoms with Crippen molar-refractivity contribution in [1.82, 2.24) is 15.7 Å². The zero-order valence-electron chi connectivity index (χ0n) is 11.2. The molecule has 0 radical (unpaired) electrons. The second-order valence-corrected chi connectivity index (χ2v) is 4.86. The minimum absolute atomic E-state index is 0.102. The van der Waals surface area contributed by atoms with Gasteiger partial charge in [-0.15, -0.1) is 0 Å². The molecule has 2 rings (SSSR count). The van der Waals surface area contributed by atoms with E-state index in [0.717, 1.165) is 31.5 Å². The number of nitrogens with one attached hydrogen (secondary N) is 2. The molecule has 1 aliphatic heterocycles. The molecule has 0 unspecified atom stereocenters. The van der Waals surface area contributed by atoms with E-state index >= 15 is 0 Å². The number of amides is 3. The molecule has 1 atom stereocenters. The fourth-order valence-electron chi connectivity index (χ4n) is 2.40. The zero-order valence-corrected chi connectivity index (χ0v) is 11.2. The van der Waals surface area contributed by atoms with Gasteiger partial charge in [-0.25, -0.2) is 10.3 Å². The Balaban J connectivity index is 2.07. The molecular formula is C14H19N3O3. The number of carbonyl (C=O) groups is 2. The first-order valence-electron chi connectivity index (χ1n) is 6.74. The maximum atomic E-state index is 12.4. The van der Waals surface area contributed by atoms with Crippen LogP contribution >= 0.6 is 0 Å². The van der Waals surface area contributed by atoms with E-state index in [0.29, 0.717) is 6.42 Å². The molecule has 20 heavy (non-hydrogen) atoms. The molecule has 0 bridgehead atoms. The number of hydroxylamine groups is 1. The van der Waals surface area contributed by atoms with Gasteiger partial charge < -0.3 is 10.2 Å². The number of urea groups is 1. The van der Waals surface area contributed by atoms with E-state index in [1.165, 1.54) is 5.48 Å². The van der Waals surface area contributed by atoms with Gasteiger partial charge in [0.05, 0.1) is 0 Å². The summed E-state index contributed by atoms with van der Waals surface area (Å²) in [5, 5.41) is 11.1. The highest BCUT2D eigenvalue weighted by molar-refractivity contribution is 5.87. The number of rotatable bonds is 4. The molecule has 108 valence electrons. The van der Waals surface area contributed by atoms with Crippen molar-refractivity contribution >= 4 is 11.9 Å². The average Bonchev–Trinajstić information content (AvgIpc) is 3.01. The summed E-state index contributed by atoms with van der Waals surface area (Å²) in [4.78, 5) is 25.4. The van der Waals surface area contributed by atoms with Crippen molar-refractivity contribution in [1.29, 1.82) is 0 Å². The fraction of sp³-hybridized carbons (Fsp3) is 0.429. The topological polar surface area (TPSA) is 81.7 Å². The van der Waals surface area contributed by atoms with Crippen molar-refractivity contribution < 1.29 is 14.8 Å². The Morgan fingerprint density at radius 3 is 2.45 bits per heavy atom. The van der Waals surface area contributed by atoms with Gasteiger partial charge in [-0.1, -0.05) is 30.3 Å². The van der Waals surface area contributed by atoms with Crippen LogP contribution in [0.25, 0.3) is 0 Å². The average molecular weight is 277 g/mol. The SMILES string of the molecule is O=C(NO)N[C@@H](Cc1ccccc1)C(=O)N1CCCC1. The first-order valence-corrected chi connectivity index (χ1v) is 6.74. The van der Waals surface area contributed by atoms with Crippen molar-refractivity contribution in [2.45, 2.75) is 25.3 Å². The molecule has 1 aromatic rings. The number of likely N-dealkylation sites (tertiary alicyclic amines) is 1. The van der Waals surface area contributed by atoms with E-state index in [1.54, 1.807) is 4.90 Å². The Bertz CT molecular complexity index is 458. The Kier molecular flexibility index (Phi) is 4.95. The van der Waals surface area contributed by atoms with Crippen molar-refractivity contribution in [2.75, 3.05) is 13.1 Å². The third-order valence-corrected chi connectivity index (χ3v) is 3.41. The van der Waals surface area contributed by atoms with Gasteiger partial charge in [0.2, 0.25) is 5.91 Å². The predicted molar refractivity (Wildman–Crippen MR) is 73.2 cm³/mol. The van der Waals surface area contributed by atoms with E-state index < -0.39 is 12.1 Å². The quantitative estimate of drug-likeness (QED) is 0.565. The highest BCUT2D eigenvalue weighted by Gasteiger charge is 2.27. The van der Waals surface area contributed by atoms with Crippen LogP contribution in [0.2, 0.25) is 0 Å². The van der Waals surface area contributed by atoms with E-state index in [2.05, 4.69) is 5.32 Å². The summed E-state index contributed by atoms with van der Waals surface area (Å²) >= 11 is 0. The molecule has 1 aliphatic rings. The smallest absolute Gasteiger partial charge is 0.339 e. The Morgan fingerprint density at radius 2 is 1.85 bits per heavy atom. The van der Waals surface area contributed by atoms with Crippen LogP contribution in [0.4, 0.5) is 4.79 Å². The second-order valence-electron chi connectivity index (χ2n) is 4.86. The van der Waals surface area contributed by atoms with Crippen molar-refractivity contribution in [2.24, 2.45) is 0 Å². The van der Waals surface area contributed by atoms with Crippen molar-refractivity contribution in [3.05, 3.63) is 35.9 Å². The van der Waals surface area contributed by atoms with Crippen LogP contribution < -0.4 is 10.8 Å². The normalized spacial score (nSPS) is 15.8. The van der Waals surface area contributed by atoms with Gasteiger partial charge in [0.1, 0.15) is 6.04 Å². The molecule has 1 fully saturated rings. The molecular weight excluding hydrogens is 258 g/mol. The molecule has 0 aliphatic carbocycles. The van der Waals surface area contributed by atoms with Crippen molar-refractivity contribution in [3.63, 3.8) is 0 Å². The van der Waals surface area contributed by atoms with Crippen LogP contribution in [0.1, 0.15) is 18.4 Å². The summed E-state index contributed by atoms with van der Waals surface area (Å²) in [6.45, 7) is 1.46. The summed E-state index contributed by atoms with van der Waals surface area (Å²) in [5.41, 5.74) is 2.47. The summed E-state index contributed by atoms with van der Waals surface area (Å²) in [6, 6.07) is 8.05. The lowest BCUT2D eigenvalue weighted by molar-refractivity contribution is -0.132. The minimum atomic E-state index is -0.765. The summed E-state index contributed by atoms with van der Waals surface area (Å²) in [6.07, 6.45) is 2.40. The molecule has 0 spiro atoms. The highest BCUT2D eigenvalue weighted by atomic mass is 16.5. The molecule has 0 aromatic heterocycles. The third kappa shape index (κ3) is 3.71. The Morgan fingerprint density at radius 1 is 1.20 bits per heavy atom. The van der Waals surface area contributed by atoms with E-state index in [4.69, 9.17) is 5.21 Å². The van der Waals surface area contributed by atoms with E-state index in [9.17, 15) is 9.59 Å². The molecule has 1 aromatic carbocycles. The number of benzene rings is 1. The third-order valence-electron chi connectivity index (χ3n) is 3.41. The number of hydrogen-bond donors (Lipinski definition) is 3. The Hall–Kier alpha value is -2.08. The van der Waals surface area contributed by atoms with Crippen LogP contribution in [0.3, 0.4) is 0 Å². The standard InChI is InChI=1S/C14H19N3O3/c18-13(17-8-4-5-9-17)12(15-14(19)16-20)10-11-6-2-1-3-7-11/h1-3,6-7,12,20H,4-5,8-10H2,(H2,15,16,19)/t12-/m0/s1. The van der Waals surface area contributed by atoms with Gasteiger partial charge in [-0.2, -0.15) is 0 Å². The van der Waals surface area contributed by atoms with Crippen molar-refractivity contribution in [3.8, 4) is 0 Å². The van der Waals surface area contributed by atoms with Gasteiger partial charge in [0.25, 0.3) is 0 Å². The lowest BCUT2D eigenvalue weighted by Crippen LogP contribution is -2.51. The largest absolute Gasteiger partial charge is 0.341 e. The van der Waals surface area contributed by atoms with Crippen LogP contribution in [0.5, 0.6) is 0 Å². The van der Waals surface area contributed by atoms with Gasteiger partial charge in [0.15, 0.2) is 0 Å². The van der Waals surface area contributed by atoms with Crippen LogP contribution in [-0.4, -0.2) is 41.2 Å². The molecule has 1 heterocycles. The lowest BCUT2D eigenvalue weighted by Gasteiger charge is -2.23. The summed E-state index contributed by atoms with van der Waals surface area (Å²) in [5.74, 6) is -0.102. The number of nitrogens with zero attached hydrogens (tertiary/aromatic N) is 1. The lowest BCUT2D eigenvalue weighted by atomic mass is 10.0. The highest BCUT2D eigenvalue weighted by Crippen LogP contribution is 2.12. The maximum absolute atomic E-state index is 12.4. The van der Waals surface area contributed by atoms with E-state index in [1.807, 2.05) is 30.3 Å². The molecule has 3 N–H and O–H groups in total. The number of carbonyl (C=O) groups excluding carboxylic acids is 2. The monoisotopic (exact) mass is 277 g/mol. The minimum Gasteiger partial charge on any atom is -0.341 e. The zero-order chi connectivity index (χ0) is 14.4. The molecule has 6 heteroatoms. The Labute approximate surface area is 117 Å². The maximum Gasteiger partial charge on any atom is 0.339 e. The first-order chi connectivity index (χ1) is 9.70. The molecule has 6 nitrogen and oxygen atoms in total. The first kappa shape index (κ1) is 14.3. The van der Waals surface area contributed by atoms with Gasteiger partial charge in [0, 0.05) is 19.5 Å². The molecule has 1 saturated heterocycles. The van der Waals surface area contributed by atoms with Gasteiger partial charge in [-0.3, -0.25) is 10.0 Å². The van der Waals surface area contributed by atoms with Crippen LogP contribution in [-0.2, 0) is 11.2 Å². The van der Waals surface area contributed by atoms with Gasteiger partial charge in [-0.05, 0) is 18.4 Å². The second kappa shape index (κ2) is 6.91. The fourth-order valence-corrected chi connectivity index (χ4v) is 2.40. The van der Waals surface area contributed by atoms with Gasteiger partial charge >= 0.3 is 6.03 Å². The molecule has 0 saturated carbocycles. The number of hydrogen-bond acceptors (Lipinski definition) is 3. The van der Waals surface area contributed by atoms with Crippen LogP contribution in [0.15, 0.2) is 30.3 Å². The van der Waals surface area contributed by atoms with Crippen LogP contribution in [0, 0.1) is 0 Å². The summed E-state index contributed by atoms with van der Waals surface area (Å²) < 4.78 is 0.